The number of para-hydroxylation sites is 1. The van der Waals surface area contributed by atoms with Crippen LogP contribution < -0.4 is 14.4 Å². The van der Waals surface area contributed by atoms with E-state index in [-0.39, 0.29) is 17.4 Å². The van der Waals surface area contributed by atoms with E-state index in [9.17, 15) is 13.2 Å². The number of hydrogen-bond donors (Lipinski definition) is 1. The third-order valence-electron chi connectivity index (χ3n) is 4.76. The van der Waals surface area contributed by atoms with Crippen molar-refractivity contribution in [3.05, 3.63) is 83.9 Å². The molecule has 3 aromatic carbocycles. The van der Waals surface area contributed by atoms with Gasteiger partial charge in [-0.1, -0.05) is 30.3 Å². The fourth-order valence-corrected chi connectivity index (χ4v) is 4.60. The standard InChI is InChI=1S/C24H26N2O4S/c1-4-26(21-8-6-5-7-9-21)31(28,29)22-14-12-20(13-15-22)25-24(27)17-30-23-16-18(2)10-11-19(23)3/h5-16H,4,17H2,1-3H3,(H,25,27). The Labute approximate surface area is 183 Å². The van der Waals surface area contributed by atoms with Crippen molar-refractivity contribution in [2.45, 2.75) is 25.7 Å². The number of carbonyl (C=O) groups excluding carboxylic acids is 1. The molecule has 0 saturated carbocycles. The van der Waals surface area contributed by atoms with E-state index in [4.69, 9.17) is 4.74 Å². The number of amides is 1. The van der Waals surface area contributed by atoms with Gasteiger partial charge < -0.3 is 10.1 Å². The molecule has 0 aliphatic heterocycles. The normalized spacial score (nSPS) is 11.1. The third-order valence-corrected chi connectivity index (χ3v) is 6.68. The summed E-state index contributed by atoms with van der Waals surface area (Å²) < 4.78 is 33.0. The number of aryl methyl sites for hydroxylation is 2. The quantitative estimate of drug-likeness (QED) is 0.560. The second-order valence-electron chi connectivity index (χ2n) is 7.14. The summed E-state index contributed by atoms with van der Waals surface area (Å²) in [5.74, 6) is 0.341. The summed E-state index contributed by atoms with van der Waals surface area (Å²) in [6, 6.07) is 20.9. The van der Waals surface area contributed by atoms with E-state index < -0.39 is 10.0 Å². The van der Waals surface area contributed by atoms with Gasteiger partial charge in [0.15, 0.2) is 6.61 Å². The Kier molecular flexibility index (Phi) is 6.97. The van der Waals surface area contributed by atoms with Gasteiger partial charge in [0.1, 0.15) is 5.75 Å². The van der Waals surface area contributed by atoms with Crippen molar-refractivity contribution in [3.8, 4) is 5.75 Å². The fraction of sp³-hybridized carbons (Fsp3) is 0.208. The average molecular weight is 439 g/mol. The summed E-state index contributed by atoms with van der Waals surface area (Å²) in [5.41, 5.74) is 3.10. The van der Waals surface area contributed by atoms with E-state index in [2.05, 4.69) is 5.32 Å². The summed E-state index contributed by atoms with van der Waals surface area (Å²) in [5, 5.41) is 2.73. The molecule has 0 aliphatic rings. The molecule has 0 radical (unpaired) electrons. The maximum absolute atomic E-state index is 13.0. The lowest BCUT2D eigenvalue weighted by molar-refractivity contribution is -0.118. The van der Waals surface area contributed by atoms with E-state index in [1.54, 1.807) is 43.3 Å². The van der Waals surface area contributed by atoms with Crippen LogP contribution in [0.4, 0.5) is 11.4 Å². The predicted octanol–water partition coefficient (Wildman–Crippen LogP) is 4.54. The summed E-state index contributed by atoms with van der Waals surface area (Å²) in [4.78, 5) is 12.4. The zero-order valence-electron chi connectivity index (χ0n) is 17.8. The molecule has 0 spiro atoms. The number of anilines is 2. The lowest BCUT2D eigenvalue weighted by Crippen LogP contribution is -2.30. The van der Waals surface area contributed by atoms with Gasteiger partial charge in [0.2, 0.25) is 0 Å². The van der Waals surface area contributed by atoms with E-state index >= 15 is 0 Å². The van der Waals surface area contributed by atoms with Gasteiger partial charge in [0, 0.05) is 12.2 Å². The van der Waals surface area contributed by atoms with Gasteiger partial charge in [-0.15, -0.1) is 0 Å². The van der Waals surface area contributed by atoms with Crippen LogP contribution in [0, 0.1) is 13.8 Å². The number of hydrogen-bond acceptors (Lipinski definition) is 4. The molecule has 0 atom stereocenters. The Morgan fingerprint density at radius 1 is 0.968 bits per heavy atom. The van der Waals surface area contributed by atoms with Crippen molar-refractivity contribution in [1.82, 2.24) is 0 Å². The summed E-state index contributed by atoms with van der Waals surface area (Å²) >= 11 is 0. The van der Waals surface area contributed by atoms with E-state index in [0.717, 1.165) is 11.1 Å². The second-order valence-corrected chi connectivity index (χ2v) is 9.00. The third kappa shape index (κ3) is 5.44. The first-order valence-electron chi connectivity index (χ1n) is 9.99. The van der Waals surface area contributed by atoms with Gasteiger partial charge in [0.25, 0.3) is 15.9 Å². The molecule has 0 saturated heterocycles. The first-order valence-corrected chi connectivity index (χ1v) is 11.4. The SMILES string of the molecule is CCN(c1ccccc1)S(=O)(=O)c1ccc(NC(=O)COc2cc(C)ccc2C)cc1. The monoisotopic (exact) mass is 438 g/mol. The minimum atomic E-state index is -3.71. The second kappa shape index (κ2) is 9.66. The molecule has 1 N–H and O–H groups in total. The van der Waals surface area contributed by atoms with Gasteiger partial charge in [-0.05, 0) is 74.4 Å². The minimum Gasteiger partial charge on any atom is -0.483 e. The molecule has 0 unspecified atom stereocenters. The Bertz CT molecular complexity index is 1140. The van der Waals surface area contributed by atoms with Gasteiger partial charge in [-0.25, -0.2) is 8.42 Å². The highest BCUT2D eigenvalue weighted by Crippen LogP contribution is 2.24. The maximum atomic E-state index is 13.0. The number of ether oxygens (including phenoxy) is 1. The first-order chi connectivity index (χ1) is 14.8. The van der Waals surface area contributed by atoms with Crippen LogP contribution in [0.5, 0.6) is 5.75 Å². The van der Waals surface area contributed by atoms with Crippen LogP contribution in [-0.4, -0.2) is 27.5 Å². The molecule has 162 valence electrons. The lowest BCUT2D eigenvalue weighted by Gasteiger charge is -2.23. The Morgan fingerprint density at radius 3 is 2.29 bits per heavy atom. The van der Waals surface area contributed by atoms with Gasteiger partial charge in [-0.2, -0.15) is 0 Å². The van der Waals surface area contributed by atoms with Crippen molar-refractivity contribution in [2.75, 3.05) is 22.8 Å². The van der Waals surface area contributed by atoms with E-state index in [0.29, 0.717) is 23.7 Å². The number of nitrogens with one attached hydrogen (secondary N) is 1. The molecule has 6 nitrogen and oxygen atoms in total. The molecule has 0 aromatic heterocycles. The molecule has 1 amide bonds. The highest BCUT2D eigenvalue weighted by Gasteiger charge is 2.23. The molecule has 7 heteroatoms. The average Bonchev–Trinajstić information content (AvgIpc) is 2.76. The van der Waals surface area contributed by atoms with Crippen LogP contribution in [0.3, 0.4) is 0 Å². The molecule has 0 bridgehead atoms. The Morgan fingerprint density at radius 2 is 1.65 bits per heavy atom. The highest BCUT2D eigenvalue weighted by molar-refractivity contribution is 7.92. The van der Waals surface area contributed by atoms with Crippen LogP contribution >= 0.6 is 0 Å². The van der Waals surface area contributed by atoms with Crippen LogP contribution in [0.2, 0.25) is 0 Å². The van der Waals surface area contributed by atoms with Crippen LogP contribution in [0.15, 0.2) is 77.7 Å². The molecular formula is C24H26N2O4S. The number of carbonyl (C=O) groups is 1. The summed E-state index contributed by atoms with van der Waals surface area (Å²) in [6.45, 7) is 5.83. The first kappa shape index (κ1) is 22.4. The molecule has 0 heterocycles. The Hall–Kier alpha value is -3.32. The van der Waals surface area contributed by atoms with E-state index in [1.165, 1.54) is 16.4 Å². The van der Waals surface area contributed by atoms with Gasteiger partial charge >= 0.3 is 0 Å². The van der Waals surface area contributed by atoms with Crippen molar-refractivity contribution >= 4 is 27.3 Å². The Balaban J connectivity index is 1.66. The summed E-state index contributed by atoms with van der Waals surface area (Å²) in [7, 11) is -3.71. The number of rotatable bonds is 8. The smallest absolute Gasteiger partial charge is 0.264 e. The molecular weight excluding hydrogens is 412 g/mol. The minimum absolute atomic E-state index is 0.137. The van der Waals surface area contributed by atoms with Crippen LogP contribution in [0.25, 0.3) is 0 Å². The van der Waals surface area contributed by atoms with Crippen molar-refractivity contribution in [3.63, 3.8) is 0 Å². The zero-order chi connectivity index (χ0) is 22.4. The van der Waals surface area contributed by atoms with Crippen molar-refractivity contribution < 1.29 is 17.9 Å². The largest absolute Gasteiger partial charge is 0.483 e. The maximum Gasteiger partial charge on any atom is 0.264 e. The lowest BCUT2D eigenvalue weighted by atomic mass is 10.1. The molecule has 0 aliphatic carbocycles. The fourth-order valence-electron chi connectivity index (χ4n) is 3.13. The number of nitrogens with zero attached hydrogens (tertiary/aromatic N) is 1. The zero-order valence-corrected chi connectivity index (χ0v) is 18.6. The number of sulfonamides is 1. The highest BCUT2D eigenvalue weighted by atomic mass is 32.2. The molecule has 31 heavy (non-hydrogen) atoms. The topological polar surface area (TPSA) is 75.7 Å². The van der Waals surface area contributed by atoms with Crippen molar-refractivity contribution in [2.24, 2.45) is 0 Å². The van der Waals surface area contributed by atoms with Crippen molar-refractivity contribution in [1.29, 1.82) is 0 Å². The molecule has 3 aromatic rings. The number of benzene rings is 3. The van der Waals surface area contributed by atoms with E-state index in [1.807, 2.05) is 38.1 Å². The van der Waals surface area contributed by atoms with Gasteiger partial charge in [0.05, 0.1) is 10.6 Å². The molecule has 0 fully saturated rings. The van der Waals surface area contributed by atoms with Crippen LogP contribution in [0.1, 0.15) is 18.1 Å². The van der Waals surface area contributed by atoms with Gasteiger partial charge in [-0.3, -0.25) is 9.10 Å². The summed E-state index contributed by atoms with van der Waals surface area (Å²) in [6.07, 6.45) is 0. The molecule has 3 rings (SSSR count). The predicted molar refractivity (Wildman–Crippen MR) is 123 cm³/mol. The van der Waals surface area contributed by atoms with Crippen LogP contribution in [-0.2, 0) is 14.8 Å².